The fraction of sp³-hybridized carbons (Fsp3) is 0.389. The monoisotopic (exact) mass is 434 g/mol. The van der Waals surface area contributed by atoms with Crippen LogP contribution in [0, 0.1) is 6.92 Å². The van der Waals surface area contributed by atoms with Crippen LogP contribution in [0.15, 0.2) is 27.5 Å². The standard InChI is InChI=1S/C18H22N6O5S/c1-9-6-7-19-24(9)18-23-22-17(30-18)21-15(25)13-8-12(14(28-5)16(26)29-13)20-10(2)11(3)27-4/h6-8,10-11,20H,1-5H3,(H,21,22,25)/t10-,11-/m1/s1. The molecule has 0 aliphatic carbocycles. The van der Waals surface area contributed by atoms with Gasteiger partial charge in [0.05, 0.1) is 18.9 Å². The quantitative estimate of drug-likeness (QED) is 0.546. The highest BCUT2D eigenvalue weighted by atomic mass is 32.1. The minimum atomic E-state index is -0.782. The van der Waals surface area contributed by atoms with Crippen molar-refractivity contribution in [3.63, 3.8) is 0 Å². The van der Waals surface area contributed by atoms with Gasteiger partial charge in [-0.05, 0) is 26.8 Å². The minimum absolute atomic E-state index is 0.0333. The predicted molar refractivity (Wildman–Crippen MR) is 111 cm³/mol. The number of ether oxygens (including phenoxy) is 2. The molecule has 0 aromatic carbocycles. The van der Waals surface area contributed by atoms with Crippen molar-refractivity contribution in [2.24, 2.45) is 0 Å². The third kappa shape index (κ3) is 4.49. The van der Waals surface area contributed by atoms with E-state index in [0.29, 0.717) is 10.8 Å². The molecule has 0 saturated carbocycles. The first kappa shape index (κ1) is 21.5. The lowest BCUT2D eigenvalue weighted by atomic mass is 10.2. The van der Waals surface area contributed by atoms with Gasteiger partial charge in [0.15, 0.2) is 5.76 Å². The van der Waals surface area contributed by atoms with Crippen molar-refractivity contribution in [2.75, 3.05) is 24.9 Å². The molecule has 0 radical (unpaired) electrons. The molecule has 3 aromatic heterocycles. The zero-order valence-corrected chi connectivity index (χ0v) is 17.9. The van der Waals surface area contributed by atoms with Gasteiger partial charge in [0.1, 0.15) is 0 Å². The summed E-state index contributed by atoms with van der Waals surface area (Å²) < 4.78 is 17.1. The van der Waals surface area contributed by atoms with Crippen LogP contribution < -0.4 is 21.0 Å². The highest BCUT2D eigenvalue weighted by Gasteiger charge is 2.21. The van der Waals surface area contributed by atoms with Crippen LogP contribution >= 0.6 is 11.3 Å². The summed E-state index contributed by atoms with van der Waals surface area (Å²) in [6.45, 7) is 5.62. The Kier molecular flexibility index (Phi) is 6.47. The summed E-state index contributed by atoms with van der Waals surface area (Å²) in [6.07, 6.45) is 1.49. The zero-order chi connectivity index (χ0) is 21.8. The zero-order valence-electron chi connectivity index (χ0n) is 17.1. The van der Waals surface area contributed by atoms with Crippen LogP contribution in [0.2, 0.25) is 0 Å². The van der Waals surface area contributed by atoms with Gasteiger partial charge in [-0.1, -0.05) is 11.3 Å². The van der Waals surface area contributed by atoms with Crippen LogP contribution in [0.3, 0.4) is 0 Å². The number of carbonyl (C=O) groups excluding carboxylic acids is 1. The maximum Gasteiger partial charge on any atom is 0.381 e. The Morgan fingerprint density at radius 3 is 2.70 bits per heavy atom. The number of aromatic nitrogens is 4. The van der Waals surface area contributed by atoms with Crippen LogP contribution in [0.4, 0.5) is 10.8 Å². The van der Waals surface area contributed by atoms with E-state index in [0.717, 1.165) is 17.0 Å². The van der Waals surface area contributed by atoms with Gasteiger partial charge in [0.2, 0.25) is 16.0 Å². The molecular formula is C18H22N6O5S. The maximum absolute atomic E-state index is 12.6. The molecule has 11 nitrogen and oxygen atoms in total. The lowest BCUT2D eigenvalue weighted by Crippen LogP contribution is -2.30. The van der Waals surface area contributed by atoms with Gasteiger partial charge in [-0.25, -0.2) is 9.48 Å². The molecule has 0 bridgehead atoms. The molecule has 0 fully saturated rings. The Balaban J connectivity index is 1.83. The summed E-state index contributed by atoms with van der Waals surface area (Å²) in [7, 11) is 2.93. The first-order valence-corrected chi connectivity index (χ1v) is 9.83. The number of hydrogen-bond acceptors (Lipinski definition) is 10. The SMILES string of the molecule is COc1c(N[C@H](C)[C@@H](C)OC)cc(C(=O)Nc2nnc(-n3nccc3C)s2)oc1=O. The Morgan fingerprint density at radius 2 is 2.07 bits per heavy atom. The molecule has 12 heteroatoms. The smallest absolute Gasteiger partial charge is 0.381 e. The summed E-state index contributed by atoms with van der Waals surface area (Å²) >= 11 is 1.13. The van der Waals surface area contributed by atoms with Crippen LogP contribution in [0.5, 0.6) is 5.75 Å². The molecule has 30 heavy (non-hydrogen) atoms. The molecule has 0 aliphatic heterocycles. The van der Waals surface area contributed by atoms with E-state index in [4.69, 9.17) is 13.9 Å². The van der Waals surface area contributed by atoms with E-state index < -0.39 is 11.5 Å². The van der Waals surface area contributed by atoms with Gasteiger partial charge in [0, 0.05) is 31.1 Å². The number of amides is 1. The number of nitrogens with zero attached hydrogens (tertiary/aromatic N) is 4. The molecule has 2 atom stereocenters. The molecule has 0 saturated heterocycles. The van der Waals surface area contributed by atoms with E-state index in [1.165, 1.54) is 13.2 Å². The third-order valence-corrected chi connectivity index (χ3v) is 5.26. The van der Waals surface area contributed by atoms with Crippen LogP contribution in [-0.2, 0) is 4.74 Å². The van der Waals surface area contributed by atoms with E-state index in [1.807, 2.05) is 26.8 Å². The van der Waals surface area contributed by atoms with Crippen molar-refractivity contribution in [1.29, 1.82) is 0 Å². The molecule has 2 N–H and O–H groups in total. The molecule has 0 unspecified atom stereocenters. The fourth-order valence-electron chi connectivity index (χ4n) is 2.54. The number of methoxy groups -OCH3 is 2. The average Bonchev–Trinajstić information content (AvgIpc) is 3.35. The highest BCUT2D eigenvalue weighted by Crippen LogP contribution is 2.25. The summed E-state index contributed by atoms with van der Waals surface area (Å²) in [6, 6.07) is 3.06. The number of aryl methyl sites for hydroxylation is 1. The topological polar surface area (TPSA) is 133 Å². The Labute approximate surface area is 176 Å². The highest BCUT2D eigenvalue weighted by molar-refractivity contribution is 7.17. The van der Waals surface area contributed by atoms with Crippen LogP contribution in [-0.4, -0.2) is 52.3 Å². The van der Waals surface area contributed by atoms with E-state index in [9.17, 15) is 9.59 Å². The number of carbonyl (C=O) groups is 1. The molecule has 160 valence electrons. The molecule has 3 heterocycles. The van der Waals surface area contributed by atoms with Crippen molar-refractivity contribution < 1.29 is 18.7 Å². The molecule has 3 rings (SSSR count). The van der Waals surface area contributed by atoms with Gasteiger partial charge in [0.25, 0.3) is 5.91 Å². The molecule has 0 aliphatic rings. The maximum atomic E-state index is 12.6. The van der Waals surface area contributed by atoms with Gasteiger partial charge >= 0.3 is 5.63 Å². The molecule has 3 aromatic rings. The summed E-state index contributed by atoms with van der Waals surface area (Å²) in [5, 5.41) is 18.5. The van der Waals surface area contributed by atoms with Gasteiger partial charge in [-0.3, -0.25) is 10.1 Å². The normalized spacial score (nSPS) is 13.0. The van der Waals surface area contributed by atoms with Crippen LogP contribution in [0.25, 0.3) is 5.13 Å². The molecule has 0 spiro atoms. The first-order valence-electron chi connectivity index (χ1n) is 9.01. The fourth-order valence-corrected chi connectivity index (χ4v) is 3.30. The molecular weight excluding hydrogens is 412 g/mol. The second-order valence-electron chi connectivity index (χ2n) is 6.45. The minimum Gasteiger partial charge on any atom is -0.488 e. The third-order valence-electron chi connectivity index (χ3n) is 4.44. The predicted octanol–water partition coefficient (Wildman–Crippen LogP) is 2.08. The van der Waals surface area contributed by atoms with E-state index >= 15 is 0 Å². The van der Waals surface area contributed by atoms with Crippen LogP contribution in [0.1, 0.15) is 30.1 Å². The Bertz CT molecular complexity index is 1090. The Morgan fingerprint density at radius 1 is 1.30 bits per heavy atom. The largest absolute Gasteiger partial charge is 0.488 e. The summed E-state index contributed by atoms with van der Waals surface area (Å²) in [5.74, 6) is -0.883. The lowest BCUT2D eigenvalue weighted by Gasteiger charge is -2.22. The first-order chi connectivity index (χ1) is 14.3. The summed E-state index contributed by atoms with van der Waals surface area (Å²) in [5.41, 5.74) is 0.413. The lowest BCUT2D eigenvalue weighted by molar-refractivity contribution is 0.0991. The molecule has 1 amide bonds. The number of rotatable bonds is 8. The van der Waals surface area contributed by atoms with Gasteiger partial charge in [-0.2, -0.15) is 5.10 Å². The van der Waals surface area contributed by atoms with E-state index in [1.54, 1.807) is 18.0 Å². The van der Waals surface area contributed by atoms with E-state index in [-0.39, 0.29) is 28.8 Å². The van der Waals surface area contributed by atoms with E-state index in [2.05, 4.69) is 25.9 Å². The van der Waals surface area contributed by atoms with Gasteiger partial charge < -0.3 is 19.2 Å². The van der Waals surface area contributed by atoms with Crippen molar-refractivity contribution in [1.82, 2.24) is 20.0 Å². The number of hydrogen-bond donors (Lipinski definition) is 2. The van der Waals surface area contributed by atoms with Crippen molar-refractivity contribution >= 4 is 28.1 Å². The van der Waals surface area contributed by atoms with Crippen molar-refractivity contribution in [3.8, 4) is 10.9 Å². The van der Waals surface area contributed by atoms with Crippen molar-refractivity contribution in [3.05, 3.63) is 40.2 Å². The average molecular weight is 434 g/mol. The van der Waals surface area contributed by atoms with Crippen molar-refractivity contribution in [2.45, 2.75) is 32.9 Å². The second kappa shape index (κ2) is 9.05. The van der Waals surface area contributed by atoms with Gasteiger partial charge in [-0.15, -0.1) is 10.2 Å². The summed E-state index contributed by atoms with van der Waals surface area (Å²) in [4.78, 5) is 24.9. The number of anilines is 2. The second-order valence-corrected chi connectivity index (χ2v) is 7.40. The Hall–Kier alpha value is -3.25. The number of nitrogens with one attached hydrogen (secondary N) is 2.